The first-order chi connectivity index (χ1) is 18.4. The fourth-order valence-electron chi connectivity index (χ4n) is 4.25. The van der Waals surface area contributed by atoms with Crippen LogP contribution in [0.2, 0.25) is 0 Å². The van der Waals surface area contributed by atoms with Crippen molar-refractivity contribution in [2.45, 2.75) is 25.9 Å². The predicted octanol–water partition coefficient (Wildman–Crippen LogP) is 4.90. The third-order valence-corrected chi connectivity index (χ3v) is 6.44. The molecule has 9 nitrogen and oxygen atoms in total. The van der Waals surface area contributed by atoms with Crippen molar-refractivity contribution in [2.75, 3.05) is 32.2 Å². The normalized spacial score (nSPS) is 13.1. The Hall–Kier alpha value is -4.28. The van der Waals surface area contributed by atoms with Crippen molar-refractivity contribution < 1.29 is 27.8 Å². The van der Waals surface area contributed by atoms with Gasteiger partial charge in [-0.15, -0.1) is 0 Å². The first-order valence-electron chi connectivity index (χ1n) is 12.2. The van der Waals surface area contributed by atoms with Crippen molar-refractivity contribution in [2.24, 2.45) is 5.92 Å². The average Bonchev–Trinajstić information content (AvgIpc) is 3.63. The SMILES string of the molecule is COc1cc(-c2cnc3cc(OCCN(C)c4ccnnc4)ccn23)cc(OC(F)F)c1C(=O)CC1CC1. The first-order valence-corrected chi connectivity index (χ1v) is 12.2. The maximum atomic E-state index is 13.3. The summed E-state index contributed by atoms with van der Waals surface area (Å²) >= 11 is 0. The fraction of sp³-hybridized carbons (Fsp3) is 0.333. The lowest BCUT2D eigenvalue weighted by Gasteiger charge is -2.18. The molecule has 0 saturated heterocycles. The minimum absolute atomic E-state index is 0.0421. The highest BCUT2D eigenvalue weighted by Crippen LogP contribution is 2.40. The van der Waals surface area contributed by atoms with Crippen molar-refractivity contribution >= 4 is 17.1 Å². The van der Waals surface area contributed by atoms with Gasteiger partial charge in [0.05, 0.1) is 43.6 Å². The average molecular weight is 524 g/mol. The molecule has 11 heteroatoms. The van der Waals surface area contributed by atoms with Gasteiger partial charge < -0.3 is 19.1 Å². The van der Waals surface area contributed by atoms with E-state index >= 15 is 0 Å². The zero-order valence-corrected chi connectivity index (χ0v) is 21.0. The summed E-state index contributed by atoms with van der Waals surface area (Å²) in [4.78, 5) is 19.4. The number of likely N-dealkylation sites (N-methyl/N-ethyl adjacent to an activating group) is 1. The Balaban J connectivity index is 1.37. The Bertz CT molecular complexity index is 1430. The van der Waals surface area contributed by atoms with Gasteiger partial charge in [0, 0.05) is 31.3 Å². The van der Waals surface area contributed by atoms with Crippen LogP contribution < -0.4 is 19.1 Å². The molecule has 0 atom stereocenters. The van der Waals surface area contributed by atoms with E-state index in [1.165, 1.54) is 13.2 Å². The molecule has 4 aromatic rings. The van der Waals surface area contributed by atoms with Crippen LogP contribution in [-0.2, 0) is 0 Å². The summed E-state index contributed by atoms with van der Waals surface area (Å²) in [6, 6.07) is 8.54. The summed E-state index contributed by atoms with van der Waals surface area (Å²) < 4.78 is 44.5. The number of anilines is 1. The maximum Gasteiger partial charge on any atom is 0.387 e. The molecule has 1 aromatic carbocycles. The van der Waals surface area contributed by atoms with E-state index in [1.807, 2.05) is 18.0 Å². The zero-order chi connectivity index (χ0) is 26.6. The molecule has 0 spiro atoms. The molecule has 1 fully saturated rings. The van der Waals surface area contributed by atoms with E-state index in [2.05, 4.69) is 15.2 Å². The summed E-state index contributed by atoms with van der Waals surface area (Å²) in [7, 11) is 3.34. The number of nitrogens with zero attached hydrogens (tertiary/aromatic N) is 5. The molecule has 1 aliphatic rings. The highest BCUT2D eigenvalue weighted by atomic mass is 19.3. The molecule has 0 aliphatic heterocycles. The van der Waals surface area contributed by atoms with Gasteiger partial charge in [-0.25, -0.2) is 4.98 Å². The van der Waals surface area contributed by atoms with Gasteiger partial charge in [0.2, 0.25) is 0 Å². The second kappa shape index (κ2) is 11.0. The number of benzene rings is 1. The molecule has 3 heterocycles. The number of pyridine rings is 1. The Labute approximate surface area is 218 Å². The van der Waals surface area contributed by atoms with E-state index in [0.717, 1.165) is 18.5 Å². The molecule has 38 heavy (non-hydrogen) atoms. The third-order valence-electron chi connectivity index (χ3n) is 6.44. The number of alkyl halides is 2. The Kier molecular flexibility index (Phi) is 7.34. The predicted molar refractivity (Wildman–Crippen MR) is 136 cm³/mol. The van der Waals surface area contributed by atoms with E-state index < -0.39 is 6.61 Å². The molecule has 0 unspecified atom stereocenters. The molecular weight excluding hydrogens is 496 g/mol. The molecule has 0 amide bonds. The van der Waals surface area contributed by atoms with Crippen LogP contribution in [0.4, 0.5) is 14.5 Å². The van der Waals surface area contributed by atoms with Crippen molar-refractivity contribution in [3.63, 3.8) is 0 Å². The van der Waals surface area contributed by atoms with E-state index in [9.17, 15) is 13.6 Å². The minimum atomic E-state index is -3.09. The molecule has 5 rings (SSSR count). The summed E-state index contributed by atoms with van der Waals surface area (Å²) in [5, 5.41) is 7.66. The number of hydrogen-bond donors (Lipinski definition) is 0. The summed E-state index contributed by atoms with van der Waals surface area (Å²) in [6.45, 7) is -2.02. The van der Waals surface area contributed by atoms with E-state index in [0.29, 0.717) is 35.8 Å². The quantitative estimate of drug-likeness (QED) is 0.242. The summed E-state index contributed by atoms with van der Waals surface area (Å²) in [5.74, 6) is 0.638. The van der Waals surface area contributed by atoms with E-state index in [4.69, 9.17) is 14.2 Å². The number of Topliss-reactive ketones (excluding diaryl/α,β-unsaturated/α-hetero) is 1. The molecule has 198 valence electrons. The smallest absolute Gasteiger partial charge is 0.387 e. The minimum Gasteiger partial charge on any atom is -0.496 e. The molecule has 0 N–H and O–H groups in total. The number of methoxy groups -OCH3 is 1. The van der Waals surface area contributed by atoms with Crippen LogP contribution in [0.25, 0.3) is 16.9 Å². The molecular formula is C27H27F2N5O4. The largest absolute Gasteiger partial charge is 0.496 e. The van der Waals surface area contributed by atoms with Crippen LogP contribution in [0.5, 0.6) is 17.2 Å². The summed E-state index contributed by atoms with van der Waals surface area (Å²) in [5.41, 5.74) is 2.72. The van der Waals surface area contributed by atoms with Crippen molar-refractivity contribution in [3.8, 4) is 28.5 Å². The number of carbonyl (C=O) groups excluding carboxylic acids is 1. The Morgan fingerprint density at radius 3 is 2.68 bits per heavy atom. The number of ketones is 1. The monoisotopic (exact) mass is 523 g/mol. The van der Waals surface area contributed by atoms with Gasteiger partial charge in [0.15, 0.2) is 5.78 Å². The van der Waals surface area contributed by atoms with Crippen LogP contribution in [0.15, 0.2) is 55.1 Å². The second-order valence-corrected chi connectivity index (χ2v) is 9.11. The lowest BCUT2D eigenvalue weighted by atomic mass is 10.00. The van der Waals surface area contributed by atoms with Crippen molar-refractivity contribution in [3.05, 3.63) is 60.7 Å². The number of ether oxygens (including phenoxy) is 3. The topological polar surface area (TPSA) is 91.1 Å². The van der Waals surface area contributed by atoms with Crippen LogP contribution >= 0.6 is 0 Å². The number of imidazole rings is 1. The molecule has 0 radical (unpaired) electrons. The highest BCUT2D eigenvalue weighted by molar-refractivity contribution is 6.02. The van der Waals surface area contributed by atoms with Crippen LogP contribution in [0.1, 0.15) is 29.6 Å². The Morgan fingerprint density at radius 1 is 1.16 bits per heavy atom. The number of aromatic nitrogens is 4. The van der Waals surface area contributed by atoms with Crippen molar-refractivity contribution in [1.29, 1.82) is 0 Å². The zero-order valence-electron chi connectivity index (χ0n) is 21.0. The fourth-order valence-corrected chi connectivity index (χ4v) is 4.25. The van der Waals surface area contributed by atoms with Gasteiger partial charge >= 0.3 is 6.61 Å². The number of carbonyl (C=O) groups is 1. The lowest BCUT2D eigenvalue weighted by molar-refractivity contribution is -0.0502. The van der Waals surface area contributed by atoms with Crippen LogP contribution in [0.3, 0.4) is 0 Å². The molecule has 3 aromatic heterocycles. The highest BCUT2D eigenvalue weighted by Gasteiger charge is 2.29. The van der Waals surface area contributed by atoms with Crippen LogP contribution in [-0.4, -0.2) is 59.3 Å². The number of halogens is 2. The first kappa shape index (κ1) is 25.4. The van der Waals surface area contributed by atoms with E-state index in [-0.39, 0.29) is 35.2 Å². The lowest BCUT2D eigenvalue weighted by Crippen LogP contribution is -2.23. The van der Waals surface area contributed by atoms with Gasteiger partial charge in [0.25, 0.3) is 0 Å². The summed E-state index contributed by atoms with van der Waals surface area (Å²) in [6.07, 6.45) is 8.93. The number of fused-ring (bicyclic) bond motifs is 1. The van der Waals surface area contributed by atoms with Crippen LogP contribution in [0, 0.1) is 5.92 Å². The van der Waals surface area contributed by atoms with Gasteiger partial charge in [0.1, 0.15) is 35.1 Å². The molecule has 1 aliphatic carbocycles. The maximum absolute atomic E-state index is 13.3. The standard InChI is InChI=1S/C27H27F2N5O4/c1-33(19-5-7-31-32-15-19)9-10-37-20-6-8-34-21(16-30-25(34)14-20)18-12-23(36-2)26(22(35)11-17-3-4-17)24(13-18)38-27(28)29/h5-8,12-17,27H,3-4,9-11H2,1-2H3. The van der Waals surface area contributed by atoms with Crippen molar-refractivity contribution in [1.82, 2.24) is 19.6 Å². The second-order valence-electron chi connectivity index (χ2n) is 9.11. The molecule has 0 bridgehead atoms. The van der Waals surface area contributed by atoms with Gasteiger partial charge in [-0.05, 0) is 43.0 Å². The number of rotatable bonds is 12. The van der Waals surface area contributed by atoms with E-state index in [1.54, 1.807) is 47.4 Å². The van der Waals surface area contributed by atoms with Gasteiger partial charge in [-0.1, -0.05) is 0 Å². The third kappa shape index (κ3) is 5.66. The Morgan fingerprint density at radius 2 is 1.97 bits per heavy atom. The van der Waals surface area contributed by atoms with Gasteiger partial charge in [-0.3, -0.25) is 9.20 Å². The molecule has 1 saturated carbocycles. The van der Waals surface area contributed by atoms with Gasteiger partial charge in [-0.2, -0.15) is 19.0 Å². The number of hydrogen-bond acceptors (Lipinski definition) is 8.